The summed E-state index contributed by atoms with van der Waals surface area (Å²) in [6.07, 6.45) is 0. The molecule has 0 aliphatic carbocycles. The summed E-state index contributed by atoms with van der Waals surface area (Å²) in [5.74, 6) is 0. The molecule has 0 spiro atoms. The van der Waals surface area contributed by atoms with Crippen LogP contribution in [0.3, 0.4) is 0 Å². The summed E-state index contributed by atoms with van der Waals surface area (Å²) in [7, 11) is -4.64. The second-order valence-electron chi connectivity index (χ2n) is 1.01. The maximum absolute atomic E-state index is 8.88. The fourth-order valence-corrected chi connectivity index (χ4v) is 0. The first kappa shape index (κ1) is 16.9. The molecule has 0 aromatic heterocycles. The van der Waals surface area contributed by atoms with Crippen molar-refractivity contribution in [2.24, 2.45) is 0 Å². The minimum atomic E-state index is -4.64. The molecular weight excluding hydrogens is 199 g/mol. The first-order valence-corrected chi connectivity index (χ1v) is 3.55. The summed E-state index contributed by atoms with van der Waals surface area (Å²) in [5.41, 5.74) is 12.5. The van der Waals surface area contributed by atoms with E-state index in [4.69, 9.17) is 30.7 Å². The van der Waals surface area contributed by atoms with Gasteiger partial charge in [0.05, 0.1) is 0 Å². The van der Waals surface area contributed by atoms with E-state index >= 15 is 0 Å². The molecule has 0 aromatic rings. The Labute approximate surface area is 69.6 Å². The van der Waals surface area contributed by atoms with Crippen LogP contribution >= 0.6 is 7.82 Å². The van der Waals surface area contributed by atoms with E-state index in [2.05, 4.69) is 0 Å². The van der Waals surface area contributed by atoms with Crippen LogP contribution in [0.1, 0.15) is 0 Å². The van der Waals surface area contributed by atoms with Crippen LogP contribution in [0.2, 0.25) is 0 Å². The van der Waals surface area contributed by atoms with Crippen LogP contribution < -0.4 is 0 Å². The fraction of sp³-hybridized carbons (Fsp3) is 1.00. The molecule has 0 aliphatic heterocycles. The van der Waals surface area contributed by atoms with Gasteiger partial charge in [0.2, 0.25) is 0 Å². The second kappa shape index (κ2) is 9.56. The summed E-state index contributed by atoms with van der Waals surface area (Å²) in [6.45, 7) is 0.472. The number of rotatable bonds is 1. The first-order valence-electron chi connectivity index (χ1n) is 1.99. The second-order valence-corrected chi connectivity index (χ2v) is 2.04. The third-order valence-corrected chi connectivity index (χ3v) is 0.125. The van der Waals surface area contributed by atoms with Gasteiger partial charge in [0, 0.05) is 0 Å². The van der Waals surface area contributed by atoms with Crippen molar-refractivity contribution in [2.45, 2.75) is 0 Å². The molecule has 0 bridgehead atoms. The predicted molar refractivity (Wildman–Crippen MR) is 32.6 cm³/mol. The van der Waals surface area contributed by atoms with Gasteiger partial charge in [0.25, 0.3) is 0 Å². The Bertz CT molecular complexity index is 85.0. The Kier molecular flexibility index (Phi) is 16.1. The maximum atomic E-state index is 8.88. The molecule has 0 unspecified atom stereocenters. The molecule has 0 saturated heterocycles. The third-order valence-electron chi connectivity index (χ3n) is 0.125. The van der Waals surface area contributed by atoms with E-state index in [0.717, 1.165) is 0 Å². The fourth-order valence-electron chi connectivity index (χ4n) is 0. The molecule has 8 heteroatoms. The van der Waals surface area contributed by atoms with Crippen LogP contribution in [-0.4, -0.2) is 27.8 Å². The third kappa shape index (κ3) is 201. The van der Waals surface area contributed by atoms with Gasteiger partial charge in [-0.1, -0.05) is 0 Å². The van der Waals surface area contributed by atoms with Gasteiger partial charge in [-0.15, -0.1) is 0 Å². The van der Waals surface area contributed by atoms with Crippen molar-refractivity contribution < 1.29 is 36.6 Å². The molecule has 0 heterocycles. The molecule has 6 nitrogen and oxygen atoms in total. The quantitative estimate of drug-likeness (QED) is 0.530. The SMILES string of the molecule is O=P(O)(O)O.[Cr+3].[NH-]CC[NH-]. The maximum Gasteiger partial charge on any atom is 3.00 e. The first-order chi connectivity index (χ1) is 3.91. The van der Waals surface area contributed by atoms with Crippen molar-refractivity contribution in [3.05, 3.63) is 11.5 Å². The van der Waals surface area contributed by atoms with Gasteiger partial charge in [-0.2, -0.15) is 13.1 Å². The zero-order valence-corrected chi connectivity index (χ0v) is 7.19. The van der Waals surface area contributed by atoms with Crippen LogP contribution in [0.25, 0.3) is 11.5 Å². The van der Waals surface area contributed by atoms with E-state index in [1.54, 1.807) is 0 Å². The number of nitrogens with one attached hydrogen (secondary N) is 2. The predicted octanol–water partition coefficient (Wildman–Crippen LogP) is 0.160. The van der Waals surface area contributed by atoms with Crippen molar-refractivity contribution in [1.82, 2.24) is 0 Å². The van der Waals surface area contributed by atoms with Gasteiger partial charge in [-0.3, -0.25) is 0 Å². The zero-order chi connectivity index (χ0) is 7.91. The summed E-state index contributed by atoms with van der Waals surface area (Å²) < 4.78 is 8.88. The Morgan fingerprint density at radius 2 is 1.20 bits per heavy atom. The van der Waals surface area contributed by atoms with Crippen molar-refractivity contribution in [3.63, 3.8) is 0 Å². The van der Waals surface area contributed by atoms with Crippen LogP contribution in [-0.2, 0) is 21.9 Å². The molecule has 0 aromatic carbocycles. The normalized spacial score (nSPS) is 8.90. The molecule has 0 fully saturated rings. The van der Waals surface area contributed by atoms with E-state index in [0.29, 0.717) is 0 Å². The van der Waals surface area contributed by atoms with Crippen molar-refractivity contribution in [1.29, 1.82) is 0 Å². The van der Waals surface area contributed by atoms with E-state index in [9.17, 15) is 0 Å². The minimum Gasteiger partial charge on any atom is -0.679 e. The van der Waals surface area contributed by atoms with Gasteiger partial charge in [0.15, 0.2) is 0 Å². The van der Waals surface area contributed by atoms with Gasteiger partial charge < -0.3 is 26.1 Å². The Balaban J connectivity index is -0.0000000910. The molecule has 0 amide bonds. The van der Waals surface area contributed by atoms with Crippen LogP contribution in [0.5, 0.6) is 0 Å². The van der Waals surface area contributed by atoms with E-state index in [-0.39, 0.29) is 30.5 Å². The molecule has 0 aliphatic rings. The average molecular weight is 208 g/mol. The van der Waals surface area contributed by atoms with E-state index < -0.39 is 7.82 Å². The van der Waals surface area contributed by atoms with Crippen LogP contribution in [0.4, 0.5) is 0 Å². The molecule has 10 heavy (non-hydrogen) atoms. The van der Waals surface area contributed by atoms with Gasteiger partial charge in [-0.25, -0.2) is 4.57 Å². The standard InChI is InChI=1S/C2H6N2.Cr.H3O4P/c3-1-2-4;;1-5(2,3)4/h3-4H,1-2H2;;(H3,1,2,3,4)/q-2;+3;. The molecule has 0 saturated carbocycles. The molecule has 0 atom stereocenters. The van der Waals surface area contributed by atoms with Gasteiger partial charge in [-0.05, 0) is 0 Å². The number of hydrogen-bond acceptors (Lipinski definition) is 1. The monoisotopic (exact) mass is 208 g/mol. The zero-order valence-electron chi connectivity index (χ0n) is 5.02. The average Bonchev–Trinajstić information content (AvgIpc) is 1.61. The van der Waals surface area contributed by atoms with Gasteiger partial charge in [0.1, 0.15) is 0 Å². The Morgan fingerprint density at radius 3 is 1.20 bits per heavy atom. The molecular formula is C2H9CrN2O4P+. The number of hydrogen-bond donors (Lipinski definition) is 3. The van der Waals surface area contributed by atoms with E-state index in [1.165, 1.54) is 0 Å². The molecule has 61 valence electrons. The topological polar surface area (TPSA) is 125 Å². The summed E-state index contributed by atoms with van der Waals surface area (Å²) >= 11 is 0. The largest absolute Gasteiger partial charge is 3.00 e. The summed E-state index contributed by atoms with van der Waals surface area (Å²) in [6, 6.07) is 0. The van der Waals surface area contributed by atoms with Crippen molar-refractivity contribution in [2.75, 3.05) is 13.1 Å². The smallest absolute Gasteiger partial charge is 0.679 e. The summed E-state index contributed by atoms with van der Waals surface area (Å²) in [5, 5.41) is 0. The van der Waals surface area contributed by atoms with E-state index in [1.807, 2.05) is 0 Å². The van der Waals surface area contributed by atoms with Crippen LogP contribution in [0.15, 0.2) is 0 Å². The Morgan fingerprint density at radius 1 is 1.10 bits per heavy atom. The van der Waals surface area contributed by atoms with Crippen molar-refractivity contribution in [3.8, 4) is 0 Å². The van der Waals surface area contributed by atoms with Gasteiger partial charge >= 0.3 is 25.2 Å². The molecule has 0 rings (SSSR count). The molecule has 5 N–H and O–H groups in total. The minimum absolute atomic E-state index is 0. The van der Waals surface area contributed by atoms with Crippen LogP contribution in [0, 0.1) is 0 Å². The Hall–Kier alpha value is 0.562. The number of phosphoric acid groups is 1. The molecule has 1 radical (unpaired) electrons. The summed E-state index contributed by atoms with van der Waals surface area (Å²) in [4.78, 5) is 21.6. The van der Waals surface area contributed by atoms with Crippen molar-refractivity contribution >= 4 is 7.82 Å².